The molecule has 1 rings (SSSR count). The van der Waals surface area contributed by atoms with Gasteiger partial charge in [-0.25, -0.2) is 0 Å². The molecule has 0 aliphatic rings. The van der Waals surface area contributed by atoms with Gasteiger partial charge in [-0.15, -0.1) is 0 Å². The zero-order valence-electron chi connectivity index (χ0n) is 6.76. The second kappa shape index (κ2) is 3.40. The predicted molar refractivity (Wildman–Crippen MR) is 37.4 cm³/mol. The van der Waals surface area contributed by atoms with Crippen molar-refractivity contribution in [2.24, 2.45) is 12.9 Å². The van der Waals surface area contributed by atoms with Crippen LogP contribution in [-0.2, 0) is 7.05 Å². The molecule has 0 aliphatic heterocycles. The van der Waals surface area contributed by atoms with Gasteiger partial charge in [0, 0.05) is 0 Å². The van der Waals surface area contributed by atoms with E-state index in [0.29, 0.717) is 5.88 Å². The molecule has 0 saturated carbocycles. The van der Waals surface area contributed by atoms with E-state index in [9.17, 15) is 0 Å². The molecule has 4 nitrogen and oxygen atoms in total. The van der Waals surface area contributed by atoms with Gasteiger partial charge >= 0.3 is 75.8 Å². The Bertz CT molecular complexity index is 234. The Hall–Kier alpha value is -0.300. The first-order valence-corrected chi connectivity index (χ1v) is 6.34. The van der Waals surface area contributed by atoms with Crippen LogP contribution in [0.1, 0.15) is 5.69 Å². The molecule has 0 atom stereocenters. The van der Waals surface area contributed by atoms with Crippen LogP contribution in [0.2, 0.25) is 0 Å². The van der Waals surface area contributed by atoms with Crippen molar-refractivity contribution in [3.8, 4) is 5.88 Å². The van der Waals surface area contributed by atoms with E-state index in [1.807, 2.05) is 14.0 Å². The average molecular weight is 268 g/mol. The maximum atomic E-state index is 5.10. The summed E-state index contributed by atoms with van der Waals surface area (Å²) in [7, 11) is 1.83. The van der Waals surface area contributed by atoms with Gasteiger partial charge in [-0.3, -0.25) is 0 Å². The summed E-state index contributed by atoms with van der Waals surface area (Å²) in [6.45, 7) is 1.97. The Morgan fingerprint density at radius 3 is 2.64 bits per heavy atom. The molecular weight excluding hydrogens is 257 g/mol. The molecule has 0 aliphatic carbocycles. The molecule has 0 bridgehead atoms. The van der Waals surface area contributed by atoms with Crippen molar-refractivity contribution in [1.82, 2.24) is 9.78 Å². The number of halogens is 1. The summed E-state index contributed by atoms with van der Waals surface area (Å²) in [5.41, 5.74) is 1.03. The number of hydrogen-bond donors (Lipinski definition) is 1. The third-order valence-corrected chi connectivity index (χ3v) is 3.72. The van der Waals surface area contributed by atoms with E-state index < -0.39 is 0 Å². The molecule has 0 spiro atoms. The van der Waals surface area contributed by atoms with E-state index in [2.05, 4.69) is 10.0 Å². The predicted octanol–water partition coefficient (Wildman–Crippen LogP) is -3.13. The second-order valence-electron chi connectivity index (χ2n) is 2.13. The Kier molecular flexibility index (Phi) is 2.72. The molecule has 64 valence electrons. The summed E-state index contributed by atoms with van der Waals surface area (Å²) in [6.07, 6.45) is 0. The number of hydrogen-bond acceptors (Lipinski definition) is 3. The maximum absolute atomic E-state index is 5.10. The molecule has 1 aromatic heterocycles. The van der Waals surface area contributed by atoms with Crippen LogP contribution < -0.4 is 31.9 Å². The third kappa shape index (κ3) is 1.48. The first-order valence-electron chi connectivity index (χ1n) is 3.10. The summed E-state index contributed by atoms with van der Waals surface area (Å²) >= 11 is -0.00793. The third-order valence-electron chi connectivity index (χ3n) is 1.40. The average Bonchev–Trinajstić information content (AvgIpc) is 2.24. The summed E-state index contributed by atoms with van der Waals surface area (Å²) in [4.78, 5) is 6.87. The van der Waals surface area contributed by atoms with Gasteiger partial charge < -0.3 is 0 Å². The Balaban J connectivity index is 3.17. The van der Waals surface area contributed by atoms with Crippen LogP contribution in [0.4, 0.5) is 0 Å². The number of nitrogens with two attached hydrogens (primary N) is 1. The number of nitrogens with zero attached hydrogens (tertiary/aromatic N) is 2. The van der Waals surface area contributed by atoms with Crippen LogP contribution in [0.25, 0.3) is 0 Å². The fourth-order valence-corrected chi connectivity index (χ4v) is 2.78. The van der Waals surface area contributed by atoms with Crippen molar-refractivity contribution in [3.63, 3.8) is 0 Å². The van der Waals surface area contributed by atoms with Gasteiger partial charge in [0.05, 0.1) is 0 Å². The van der Waals surface area contributed by atoms with Gasteiger partial charge in [-0.1, -0.05) is 0 Å². The van der Waals surface area contributed by atoms with Gasteiger partial charge in [-0.05, 0) is 0 Å². The minimum atomic E-state index is -0.00793. The summed E-state index contributed by atoms with van der Waals surface area (Å²) < 4.78 is 2.86. The van der Waals surface area contributed by atoms with Crippen LogP contribution in [0.5, 0.6) is 5.88 Å². The van der Waals surface area contributed by atoms with E-state index >= 15 is 0 Å². The molecule has 0 unspecified atom stereocenters. The summed E-state index contributed by atoms with van der Waals surface area (Å²) in [6, 6.07) is 0. The monoisotopic (exact) mass is 268 g/mol. The van der Waals surface area contributed by atoms with Crippen molar-refractivity contribution in [3.05, 3.63) is 9.26 Å². The number of aryl methyl sites for hydroxylation is 2. The van der Waals surface area contributed by atoms with Crippen LogP contribution in [0, 0.1) is 10.5 Å². The van der Waals surface area contributed by atoms with Gasteiger partial charge in [-0.2, -0.15) is 0 Å². The SMILES string of the molecule is C[I-]c1c(C)nn(C)c1ON. The molecule has 5 heteroatoms. The fourth-order valence-electron chi connectivity index (χ4n) is 0.957. The topological polar surface area (TPSA) is 53.1 Å². The Labute approximate surface area is 75.9 Å². The van der Waals surface area contributed by atoms with Gasteiger partial charge in [0.1, 0.15) is 0 Å². The molecule has 1 heterocycles. The number of rotatable bonds is 2. The van der Waals surface area contributed by atoms with Crippen molar-refractivity contribution < 1.29 is 26.0 Å². The summed E-state index contributed by atoms with van der Waals surface area (Å²) in [5, 5.41) is 4.19. The molecule has 0 aromatic carbocycles. The normalized spacial score (nSPS) is 10.5. The summed E-state index contributed by atoms with van der Waals surface area (Å²) in [5.74, 6) is 5.80. The number of aromatic nitrogens is 2. The van der Waals surface area contributed by atoms with Crippen LogP contribution in [0.15, 0.2) is 0 Å². The van der Waals surface area contributed by atoms with Gasteiger partial charge in [0.15, 0.2) is 0 Å². The zero-order valence-corrected chi connectivity index (χ0v) is 8.92. The van der Waals surface area contributed by atoms with Crippen LogP contribution in [-0.4, -0.2) is 14.7 Å². The molecule has 1 aromatic rings. The van der Waals surface area contributed by atoms with E-state index in [1.165, 1.54) is 3.57 Å². The first-order chi connectivity index (χ1) is 5.20. The first kappa shape index (κ1) is 8.79. The van der Waals surface area contributed by atoms with E-state index in [4.69, 9.17) is 10.7 Å². The second-order valence-corrected chi connectivity index (χ2v) is 4.29. The van der Waals surface area contributed by atoms with Crippen molar-refractivity contribution >= 4 is 0 Å². The molecule has 0 saturated heterocycles. The van der Waals surface area contributed by atoms with Crippen LogP contribution in [0.3, 0.4) is 0 Å². The fraction of sp³-hybridized carbons (Fsp3) is 0.500. The Morgan fingerprint density at radius 1 is 1.64 bits per heavy atom. The van der Waals surface area contributed by atoms with Crippen molar-refractivity contribution in [1.29, 1.82) is 0 Å². The molecule has 11 heavy (non-hydrogen) atoms. The van der Waals surface area contributed by atoms with E-state index in [1.54, 1.807) is 4.68 Å². The van der Waals surface area contributed by atoms with Crippen molar-refractivity contribution in [2.75, 3.05) is 4.93 Å². The molecule has 0 amide bonds. The van der Waals surface area contributed by atoms with Crippen molar-refractivity contribution in [2.45, 2.75) is 6.92 Å². The standard InChI is InChI=1S/C6H11IN3O/c1-4-5(7-2)6(11-8)10(3)9-4/h8H2,1-3H3/q-1. The number of alkyl halides is 1. The minimum absolute atomic E-state index is 0.00793. The van der Waals surface area contributed by atoms with E-state index in [0.717, 1.165) is 5.69 Å². The molecule has 0 radical (unpaired) electrons. The molecule has 2 N–H and O–H groups in total. The van der Waals surface area contributed by atoms with Gasteiger partial charge in [0.25, 0.3) is 0 Å². The zero-order chi connectivity index (χ0) is 8.43. The quantitative estimate of drug-likeness (QED) is 0.350. The molecule has 0 fully saturated rings. The molecular formula is C6H11IN3O-. The Morgan fingerprint density at radius 2 is 2.27 bits per heavy atom. The van der Waals surface area contributed by atoms with Crippen LogP contribution >= 0.6 is 0 Å². The van der Waals surface area contributed by atoms with Gasteiger partial charge in [0.2, 0.25) is 0 Å². The van der Waals surface area contributed by atoms with E-state index in [-0.39, 0.29) is 21.2 Å².